The van der Waals surface area contributed by atoms with Crippen molar-refractivity contribution in [3.05, 3.63) is 11.8 Å². The average Bonchev–Trinajstić information content (AvgIpc) is 2.09. The van der Waals surface area contributed by atoms with Crippen molar-refractivity contribution in [3.63, 3.8) is 0 Å². The van der Waals surface area contributed by atoms with Gasteiger partial charge in [0.2, 0.25) is 0 Å². The predicted molar refractivity (Wildman–Crippen MR) is 64.9 cm³/mol. The van der Waals surface area contributed by atoms with E-state index in [4.69, 9.17) is 15.0 Å². The Kier molecular flexibility index (Phi) is 8.93. The SMILES string of the molecule is C/C(N)=C/C(CO)=NCCOSI. The third-order valence-electron chi connectivity index (χ3n) is 1.09. The van der Waals surface area contributed by atoms with Crippen LogP contribution in [0.15, 0.2) is 16.8 Å². The van der Waals surface area contributed by atoms with E-state index in [9.17, 15) is 0 Å². The number of hydrogen-bond acceptors (Lipinski definition) is 5. The first-order valence-electron chi connectivity index (χ1n) is 3.69. The van der Waals surface area contributed by atoms with E-state index in [1.807, 2.05) is 21.2 Å². The molecule has 0 aromatic heterocycles. The van der Waals surface area contributed by atoms with Gasteiger partial charge in [-0.3, -0.25) is 4.99 Å². The van der Waals surface area contributed by atoms with Gasteiger partial charge in [-0.25, -0.2) is 0 Å². The Bertz CT molecular complexity index is 193. The van der Waals surface area contributed by atoms with Crippen molar-refractivity contribution in [2.45, 2.75) is 6.92 Å². The molecule has 0 fully saturated rings. The van der Waals surface area contributed by atoms with Crippen molar-refractivity contribution in [2.75, 3.05) is 19.8 Å². The summed E-state index contributed by atoms with van der Waals surface area (Å²) in [5.74, 6) is 0. The van der Waals surface area contributed by atoms with Gasteiger partial charge in [-0.15, -0.1) is 0 Å². The monoisotopic (exact) mass is 316 g/mol. The van der Waals surface area contributed by atoms with Crippen LogP contribution in [0.4, 0.5) is 0 Å². The van der Waals surface area contributed by atoms with Crippen LogP contribution in [0.5, 0.6) is 0 Å². The minimum atomic E-state index is -0.0914. The summed E-state index contributed by atoms with van der Waals surface area (Å²) in [6.07, 6.45) is 1.65. The second kappa shape index (κ2) is 8.79. The first-order chi connectivity index (χ1) is 6.20. The molecule has 0 bridgehead atoms. The van der Waals surface area contributed by atoms with Crippen molar-refractivity contribution in [1.82, 2.24) is 0 Å². The minimum Gasteiger partial charge on any atom is -0.402 e. The smallest absolute Gasteiger partial charge is 0.0849 e. The van der Waals surface area contributed by atoms with Gasteiger partial charge in [0.25, 0.3) is 0 Å². The molecule has 3 N–H and O–H groups in total. The van der Waals surface area contributed by atoms with Crippen molar-refractivity contribution >= 4 is 36.1 Å². The number of allylic oxidation sites excluding steroid dienone is 1. The van der Waals surface area contributed by atoms with Crippen LogP contribution in [0.25, 0.3) is 0 Å². The van der Waals surface area contributed by atoms with Crippen molar-refractivity contribution in [1.29, 1.82) is 0 Å². The van der Waals surface area contributed by atoms with Gasteiger partial charge in [-0.05, 0) is 13.0 Å². The highest BCUT2D eigenvalue weighted by atomic mass is 127. The molecule has 4 nitrogen and oxygen atoms in total. The highest BCUT2D eigenvalue weighted by Crippen LogP contribution is 2.11. The summed E-state index contributed by atoms with van der Waals surface area (Å²) in [5.41, 5.74) is 6.65. The third kappa shape index (κ3) is 8.54. The molecule has 0 amide bonds. The Balaban J connectivity index is 3.86. The fourth-order valence-corrected chi connectivity index (χ4v) is 1.34. The minimum absolute atomic E-state index is 0.0914. The summed E-state index contributed by atoms with van der Waals surface area (Å²) in [4.78, 5) is 4.09. The molecule has 0 aliphatic rings. The van der Waals surface area contributed by atoms with Crippen LogP contribution in [0.3, 0.4) is 0 Å². The van der Waals surface area contributed by atoms with Crippen molar-refractivity contribution in [2.24, 2.45) is 10.7 Å². The lowest BCUT2D eigenvalue weighted by atomic mass is 10.3. The average molecular weight is 316 g/mol. The van der Waals surface area contributed by atoms with E-state index in [1.165, 1.54) is 9.21 Å². The predicted octanol–water partition coefficient (Wildman–Crippen LogP) is 1.30. The normalized spacial score (nSPS) is 13.5. The van der Waals surface area contributed by atoms with E-state index in [0.717, 1.165) is 0 Å². The molecule has 0 spiro atoms. The van der Waals surface area contributed by atoms with Gasteiger partial charge in [0.05, 0.1) is 34.7 Å². The molecule has 0 aliphatic heterocycles. The molecule has 0 saturated carbocycles. The van der Waals surface area contributed by atoms with E-state index >= 15 is 0 Å². The second-order valence-electron chi connectivity index (χ2n) is 2.30. The van der Waals surface area contributed by atoms with E-state index in [-0.39, 0.29) is 6.61 Å². The highest BCUT2D eigenvalue weighted by Gasteiger charge is 1.92. The molecule has 0 aromatic carbocycles. The van der Waals surface area contributed by atoms with E-state index in [2.05, 4.69) is 4.99 Å². The molecule has 0 heterocycles. The number of aliphatic hydroxyl groups is 1. The molecule has 0 aromatic rings. The van der Waals surface area contributed by atoms with Crippen LogP contribution in [-0.2, 0) is 4.18 Å². The number of aliphatic hydroxyl groups excluding tert-OH is 1. The Morgan fingerprint density at radius 1 is 1.77 bits per heavy atom. The quantitative estimate of drug-likeness (QED) is 0.335. The van der Waals surface area contributed by atoms with Crippen LogP contribution >= 0.6 is 30.4 Å². The molecular weight excluding hydrogens is 303 g/mol. The molecule has 0 rings (SSSR count). The van der Waals surface area contributed by atoms with E-state index in [1.54, 1.807) is 13.0 Å². The number of nitrogens with two attached hydrogens (primary N) is 1. The van der Waals surface area contributed by atoms with Crippen LogP contribution < -0.4 is 5.73 Å². The van der Waals surface area contributed by atoms with Gasteiger partial charge in [0, 0.05) is 26.9 Å². The molecule has 0 saturated heterocycles. The summed E-state index contributed by atoms with van der Waals surface area (Å²) in [7, 11) is 1.27. The number of hydrogen-bond donors (Lipinski definition) is 2. The molecule has 0 radical (unpaired) electrons. The summed E-state index contributed by atoms with van der Waals surface area (Å²) in [6.45, 7) is 2.73. The molecule has 0 unspecified atom stereocenters. The van der Waals surface area contributed by atoms with Crippen molar-refractivity contribution in [3.8, 4) is 0 Å². The number of rotatable bonds is 6. The van der Waals surface area contributed by atoms with Crippen LogP contribution in [0, 0.1) is 0 Å². The topological polar surface area (TPSA) is 67.8 Å². The van der Waals surface area contributed by atoms with Gasteiger partial charge in [-0.1, -0.05) is 0 Å². The highest BCUT2D eigenvalue weighted by molar-refractivity contribution is 14.2. The fraction of sp³-hybridized carbons (Fsp3) is 0.571. The standard InChI is InChI=1S/C7H13IN2O2S/c1-6(9)4-7(5-11)10-2-3-12-13-8/h4,11H,2-3,5,9H2,1H3/b6-4-,10-7?. The van der Waals surface area contributed by atoms with Gasteiger partial charge in [0.1, 0.15) is 0 Å². The zero-order valence-corrected chi connectivity index (χ0v) is 10.3. The maximum atomic E-state index is 8.85. The first kappa shape index (κ1) is 13.2. The molecule has 6 heteroatoms. The van der Waals surface area contributed by atoms with Gasteiger partial charge >= 0.3 is 0 Å². The Hall–Kier alpha value is 0.210. The molecule has 0 atom stereocenters. The number of halogens is 1. The molecule has 13 heavy (non-hydrogen) atoms. The lowest BCUT2D eigenvalue weighted by Crippen LogP contribution is -2.06. The maximum absolute atomic E-state index is 8.85. The fourth-order valence-electron chi connectivity index (χ4n) is 0.662. The van der Waals surface area contributed by atoms with E-state index < -0.39 is 0 Å². The number of nitrogens with zero attached hydrogens (tertiary/aromatic N) is 1. The van der Waals surface area contributed by atoms with Gasteiger partial charge < -0.3 is 15.0 Å². The summed E-state index contributed by atoms with van der Waals surface area (Å²) < 4.78 is 5.00. The van der Waals surface area contributed by atoms with Gasteiger partial charge in [0.15, 0.2) is 0 Å². The first-order valence-corrected chi connectivity index (χ1v) is 6.97. The zero-order chi connectivity index (χ0) is 10.1. The van der Waals surface area contributed by atoms with Crippen LogP contribution in [0.1, 0.15) is 6.92 Å². The van der Waals surface area contributed by atoms with Crippen molar-refractivity contribution < 1.29 is 9.29 Å². The second-order valence-corrected chi connectivity index (χ2v) is 3.74. The third-order valence-corrected chi connectivity index (χ3v) is 2.11. The summed E-state index contributed by atoms with van der Waals surface area (Å²) >= 11 is 2.04. The molecule has 0 aliphatic carbocycles. The summed E-state index contributed by atoms with van der Waals surface area (Å²) in [6, 6.07) is 0. The molecular formula is C7H13IN2O2S. The van der Waals surface area contributed by atoms with Gasteiger partial charge in [-0.2, -0.15) is 0 Å². The Labute approximate surface area is 94.4 Å². The Morgan fingerprint density at radius 2 is 2.46 bits per heavy atom. The Morgan fingerprint density at radius 3 is 2.92 bits per heavy atom. The van der Waals surface area contributed by atoms with Crippen LogP contribution in [0.2, 0.25) is 0 Å². The lowest BCUT2D eigenvalue weighted by Gasteiger charge is -1.98. The zero-order valence-electron chi connectivity index (χ0n) is 7.36. The number of aliphatic imine (C=N–C) groups is 1. The maximum Gasteiger partial charge on any atom is 0.0849 e. The van der Waals surface area contributed by atoms with Crippen LogP contribution in [-0.4, -0.2) is 30.6 Å². The lowest BCUT2D eigenvalue weighted by molar-refractivity contribution is 0.356. The van der Waals surface area contributed by atoms with E-state index in [0.29, 0.717) is 24.6 Å². The molecule has 76 valence electrons. The summed E-state index contributed by atoms with van der Waals surface area (Å²) in [5, 5.41) is 8.85. The largest absolute Gasteiger partial charge is 0.402 e.